The summed E-state index contributed by atoms with van der Waals surface area (Å²) in [6.07, 6.45) is 0. The van der Waals surface area contributed by atoms with Crippen LogP contribution >= 0.6 is 0 Å². The average molecular weight is 382 g/mol. The molecule has 0 radical (unpaired) electrons. The molecule has 3 rings (SSSR count). The molecule has 0 fully saturated rings. The normalized spacial score (nSPS) is 10.6. The number of carbonyl (C=O) groups is 1. The number of para-hydroxylation sites is 1. The summed E-state index contributed by atoms with van der Waals surface area (Å²) in [4.78, 5) is 25.0. The largest absolute Gasteiger partial charge is 0.493 e. The Morgan fingerprint density at radius 1 is 1.00 bits per heavy atom. The Bertz CT molecular complexity index is 1060. The van der Waals surface area contributed by atoms with Crippen molar-refractivity contribution in [3.8, 4) is 17.2 Å². The summed E-state index contributed by atoms with van der Waals surface area (Å²) in [5.41, 5.74) is 1.58. The Kier molecular flexibility index (Phi) is 5.54. The van der Waals surface area contributed by atoms with Gasteiger partial charge in [-0.05, 0) is 23.8 Å². The van der Waals surface area contributed by atoms with Gasteiger partial charge in [0.05, 0.1) is 32.4 Å². The number of benzene rings is 2. The lowest BCUT2D eigenvalue weighted by Gasteiger charge is -2.15. The third-order valence-corrected chi connectivity index (χ3v) is 4.58. The van der Waals surface area contributed by atoms with E-state index in [-0.39, 0.29) is 18.0 Å². The first kappa shape index (κ1) is 19.3. The summed E-state index contributed by atoms with van der Waals surface area (Å²) < 4.78 is 17.5. The smallest absolute Gasteiger partial charge is 0.252 e. The standard InChI is InChI=1S/C21H22N2O5/c1-23-16-8-6-5-7-14(16)15(11-19(23)24)21(25)22-12-13-9-17(26-2)20(28-4)18(10-13)27-3/h5-11H,12H2,1-4H3,(H,22,25). The van der Waals surface area contributed by atoms with E-state index < -0.39 is 0 Å². The van der Waals surface area contributed by atoms with Crippen LogP contribution in [0.25, 0.3) is 10.9 Å². The Morgan fingerprint density at radius 3 is 2.25 bits per heavy atom. The number of fused-ring (bicyclic) bond motifs is 1. The molecule has 1 aromatic heterocycles. The number of aryl methyl sites for hydroxylation is 1. The van der Waals surface area contributed by atoms with Crippen LogP contribution in [0.3, 0.4) is 0 Å². The first-order valence-electron chi connectivity index (χ1n) is 8.66. The number of carbonyl (C=O) groups excluding carboxylic acids is 1. The van der Waals surface area contributed by atoms with Crippen LogP contribution in [0.5, 0.6) is 17.2 Å². The van der Waals surface area contributed by atoms with Crippen LogP contribution in [0.4, 0.5) is 0 Å². The van der Waals surface area contributed by atoms with Crippen molar-refractivity contribution in [1.29, 1.82) is 0 Å². The maximum absolute atomic E-state index is 12.8. The molecule has 0 aliphatic rings. The lowest BCUT2D eigenvalue weighted by Crippen LogP contribution is -2.26. The third kappa shape index (κ3) is 3.51. The molecule has 2 aromatic carbocycles. The van der Waals surface area contributed by atoms with Crippen molar-refractivity contribution in [3.63, 3.8) is 0 Å². The van der Waals surface area contributed by atoms with E-state index in [2.05, 4.69) is 5.32 Å². The highest BCUT2D eigenvalue weighted by Gasteiger charge is 2.16. The SMILES string of the molecule is COc1cc(CNC(=O)c2cc(=O)n(C)c3ccccc23)cc(OC)c1OC. The summed E-state index contributed by atoms with van der Waals surface area (Å²) in [6, 6.07) is 12.2. The monoisotopic (exact) mass is 382 g/mol. The van der Waals surface area contributed by atoms with E-state index >= 15 is 0 Å². The number of pyridine rings is 1. The minimum atomic E-state index is -0.331. The fourth-order valence-corrected chi connectivity index (χ4v) is 3.11. The number of rotatable bonds is 6. The molecule has 0 aliphatic heterocycles. The van der Waals surface area contributed by atoms with Gasteiger partial charge in [0.15, 0.2) is 11.5 Å². The van der Waals surface area contributed by atoms with Gasteiger partial charge in [-0.15, -0.1) is 0 Å². The zero-order valence-electron chi connectivity index (χ0n) is 16.2. The molecular weight excluding hydrogens is 360 g/mol. The van der Waals surface area contributed by atoms with Gasteiger partial charge in [0.1, 0.15) is 0 Å². The van der Waals surface area contributed by atoms with E-state index in [4.69, 9.17) is 14.2 Å². The molecule has 146 valence electrons. The Labute approximate surface area is 162 Å². The van der Waals surface area contributed by atoms with Crippen molar-refractivity contribution in [1.82, 2.24) is 9.88 Å². The van der Waals surface area contributed by atoms with Gasteiger partial charge >= 0.3 is 0 Å². The van der Waals surface area contributed by atoms with E-state index in [0.29, 0.717) is 33.7 Å². The van der Waals surface area contributed by atoms with Crippen molar-refractivity contribution < 1.29 is 19.0 Å². The fraction of sp³-hybridized carbons (Fsp3) is 0.238. The maximum atomic E-state index is 12.8. The predicted molar refractivity (Wildman–Crippen MR) is 106 cm³/mol. The van der Waals surface area contributed by atoms with Crippen LogP contribution in [-0.2, 0) is 13.6 Å². The van der Waals surface area contributed by atoms with Crippen LogP contribution in [0, 0.1) is 0 Å². The molecule has 1 amide bonds. The number of nitrogens with one attached hydrogen (secondary N) is 1. The fourth-order valence-electron chi connectivity index (χ4n) is 3.11. The lowest BCUT2D eigenvalue weighted by atomic mass is 10.1. The molecule has 3 aromatic rings. The van der Waals surface area contributed by atoms with Gasteiger partial charge in [0.25, 0.3) is 11.5 Å². The topological polar surface area (TPSA) is 78.8 Å². The highest BCUT2D eigenvalue weighted by atomic mass is 16.5. The van der Waals surface area contributed by atoms with Gasteiger partial charge in [0.2, 0.25) is 5.75 Å². The van der Waals surface area contributed by atoms with Gasteiger partial charge in [-0.2, -0.15) is 0 Å². The van der Waals surface area contributed by atoms with Crippen molar-refractivity contribution in [2.75, 3.05) is 21.3 Å². The highest BCUT2D eigenvalue weighted by molar-refractivity contribution is 6.06. The summed E-state index contributed by atoms with van der Waals surface area (Å²) in [5.74, 6) is 1.16. The number of hydrogen-bond acceptors (Lipinski definition) is 5. The Balaban J connectivity index is 1.91. The average Bonchev–Trinajstić information content (AvgIpc) is 2.73. The third-order valence-electron chi connectivity index (χ3n) is 4.58. The summed E-state index contributed by atoms with van der Waals surface area (Å²) >= 11 is 0. The summed E-state index contributed by atoms with van der Waals surface area (Å²) in [5, 5.41) is 3.57. The number of aromatic nitrogens is 1. The van der Waals surface area contributed by atoms with Crippen LogP contribution in [0.1, 0.15) is 15.9 Å². The molecule has 0 atom stereocenters. The lowest BCUT2D eigenvalue weighted by molar-refractivity contribution is 0.0952. The van der Waals surface area contributed by atoms with Crippen LogP contribution in [-0.4, -0.2) is 31.8 Å². The molecule has 0 aliphatic carbocycles. The number of nitrogens with zero attached hydrogens (tertiary/aromatic N) is 1. The molecule has 0 unspecified atom stereocenters. The minimum Gasteiger partial charge on any atom is -0.493 e. The van der Waals surface area contributed by atoms with Crippen molar-refractivity contribution in [3.05, 3.63) is 63.9 Å². The highest BCUT2D eigenvalue weighted by Crippen LogP contribution is 2.38. The predicted octanol–water partition coefficient (Wildman–Crippen LogP) is 2.49. The van der Waals surface area contributed by atoms with E-state index in [9.17, 15) is 9.59 Å². The first-order valence-corrected chi connectivity index (χ1v) is 8.66. The second-order valence-electron chi connectivity index (χ2n) is 6.19. The Hall–Kier alpha value is -3.48. The molecule has 28 heavy (non-hydrogen) atoms. The van der Waals surface area contributed by atoms with Gasteiger partial charge in [-0.25, -0.2) is 0 Å². The van der Waals surface area contributed by atoms with E-state index in [1.807, 2.05) is 24.3 Å². The van der Waals surface area contributed by atoms with Gasteiger partial charge in [-0.3, -0.25) is 9.59 Å². The zero-order chi connectivity index (χ0) is 20.3. The van der Waals surface area contributed by atoms with Crippen LogP contribution in [0.2, 0.25) is 0 Å². The zero-order valence-corrected chi connectivity index (χ0v) is 16.2. The van der Waals surface area contributed by atoms with E-state index in [1.54, 1.807) is 19.2 Å². The molecule has 0 saturated heterocycles. The van der Waals surface area contributed by atoms with E-state index in [1.165, 1.54) is 32.0 Å². The van der Waals surface area contributed by atoms with Gasteiger partial charge in [0, 0.05) is 25.0 Å². The number of hydrogen-bond donors (Lipinski definition) is 1. The number of methoxy groups -OCH3 is 3. The second-order valence-corrected chi connectivity index (χ2v) is 6.19. The van der Waals surface area contributed by atoms with E-state index in [0.717, 1.165) is 5.56 Å². The van der Waals surface area contributed by atoms with Crippen LogP contribution < -0.4 is 25.1 Å². The molecule has 1 heterocycles. The molecule has 7 heteroatoms. The minimum absolute atomic E-state index is 0.235. The second kappa shape index (κ2) is 8.04. The van der Waals surface area contributed by atoms with Crippen molar-refractivity contribution in [2.24, 2.45) is 7.05 Å². The number of ether oxygens (including phenoxy) is 3. The molecule has 0 spiro atoms. The molecule has 0 bridgehead atoms. The van der Waals surface area contributed by atoms with Crippen molar-refractivity contribution in [2.45, 2.75) is 6.54 Å². The van der Waals surface area contributed by atoms with Gasteiger partial charge < -0.3 is 24.1 Å². The number of amides is 1. The molecule has 1 N–H and O–H groups in total. The van der Waals surface area contributed by atoms with Gasteiger partial charge in [-0.1, -0.05) is 18.2 Å². The summed E-state index contributed by atoms with van der Waals surface area (Å²) in [6.45, 7) is 0.235. The molecular formula is C21H22N2O5. The molecule has 7 nitrogen and oxygen atoms in total. The maximum Gasteiger partial charge on any atom is 0.252 e. The molecule has 0 saturated carbocycles. The van der Waals surface area contributed by atoms with Crippen LogP contribution in [0.15, 0.2) is 47.3 Å². The summed E-state index contributed by atoms with van der Waals surface area (Å²) in [7, 11) is 6.28. The van der Waals surface area contributed by atoms with Crippen molar-refractivity contribution >= 4 is 16.8 Å². The Morgan fingerprint density at radius 2 is 1.64 bits per heavy atom. The quantitative estimate of drug-likeness (QED) is 0.709. The first-order chi connectivity index (χ1) is 13.5.